The number of thioether (sulfide) groups is 1. The molecule has 0 bridgehead atoms. The van der Waals surface area contributed by atoms with E-state index in [9.17, 15) is 4.79 Å². The Bertz CT molecular complexity index is 856. The van der Waals surface area contributed by atoms with Crippen molar-refractivity contribution < 1.29 is 9.53 Å². The highest BCUT2D eigenvalue weighted by molar-refractivity contribution is 8.13. The summed E-state index contributed by atoms with van der Waals surface area (Å²) in [6, 6.07) is 16.7. The lowest BCUT2D eigenvalue weighted by Gasteiger charge is -2.27. The maximum absolute atomic E-state index is 12.6. The Hall–Kier alpha value is -2.78. The topological polar surface area (TPSA) is 65.7 Å². The molecule has 1 saturated heterocycles. The van der Waals surface area contributed by atoms with Crippen LogP contribution in [-0.4, -0.2) is 34.9 Å². The first kappa shape index (κ1) is 18.0. The molecule has 5 nitrogen and oxygen atoms in total. The first-order chi connectivity index (χ1) is 12.7. The lowest BCUT2D eigenvalue weighted by atomic mass is 10.2. The number of rotatable bonds is 4. The van der Waals surface area contributed by atoms with Gasteiger partial charge in [-0.15, -0.1) is 0 Å². The number of hydrogen-bond donors (Lipinski definition) is 0. The van der Waals surface area contributed by atoms with Crippen LogP contribution in [0.5, 0.6) is 5.75 Å². The molecule has 0 saturated carbocycles. The quantitative estimate of drug-likeness (QED) is 0.824. The molecule has 1 heterocycles. The molecule has 0 radical (unpaired) electrons. The minimum absolute atomic E-state index is 0.0563. The summed E-state index contributed by atoms with van der Waals surface area (Å²) < 4.78 is 5.58. The van der Waals surface area contributed by atoms with Gasteiger partial charge >= 0.3 is 0 Å². The van der Waals surface area contributed by atoms with Crippen molar-refractivity contribution >= 4 is 28.5 Å². The van der Waals surface area contributed by atoms with Gasteiger partial charge in [0.15, 0.2) is 11.8 Å². The summed E-state index contributed by atoms with van der Waals surface area (Å²) in [4.78, 5) is 19.0. The smallest absolute Gasteiger partial charge is 0.266 e. The Kier molecular flexibility index (Phi) is 5.92. The maximum atomic E-state index is 12.6. The van der Waals surface area contributed by atoms with Crippen molar-refractivity contribution in [2.45, 2.75) is 13.3 Å². The Morgan fingerprint density at radius 3 is 2.77 bits per heavy atom. The lowest BCUT2D eigenvalue weighted by Crippen LogP contribution is -2.41. The Labute approximate surface area is 157 Å². The van der Waals surface area contributed by atoms with Crippen LogP contribution >= 0.6 is 11.8 Å². The maximum Gasteiger partial charge on any atom is 0.266 e. The average Bonchev–Trinajstić information content (AvgIpc) is 2.68. The van der Waals surface area contributed by atoms with Crippen molar-refractivity contribution in [2.24, 2.45) is 4.99 Å². The van der Waals surface area contributed by atoms with Gasteiger partial charge in [0.25, 0.3) is 5.91 Å². The number of hydrogen-bond acceptors (Lipinski definition) is 5. The number of nitriles is 1. The van der Waals surface area contributed by atoms with Crippen LogP contribution in [0.3, 0.4) is 0 Å². The summed E-state index contributed by atoms with van der Waals surface area (Å²) in [5.41, 5.74) is 2.51. The predicted octanol–water partition coefficient (Wildman–Crippen LogP) is 3.90. The van der Waals surface area contributed by atoms with Gasteiger partial charge in [-0.3, -0.25) is 9.69 Å². The van der Waals surface area contributed by atoms with Crippen LogP contribution in [0, 0.1) is 18.3 Å². The van der Waals surface area contributed by atoms with E-state index >= 15 is 0 Å². The summed E-state index contributed by atoms with van der Waals surface area (Å²) in [5.74, 6) is 1.40. The predicted molar refractivity (Wildman–Crippen MR) is 104 cm³/mol. The normalized spacial score (nSPS) is 15.5. The summed E-state index contributed by atoms with van der Waals surface area (Å²) in [5, 5.41) is 9.54. The third-order valence-corrected chi connectivity index (χ3v) is 5.03. The Morgan fingerprint density at radius 2 is 2.04 bits per heavy atom. The van der Waals surface area contributed by atoms with E-state index in [2.05, 4.69) is 6.07 Å². The second kappa shape index (κ2) is 8.54. The van der Waals surface area contributed by atoms with E-state index in [1.807, 2.05) is 31.2 Å². The second-order valence-electron chi connectivity index (χ2n) is 5.85. The highest BCUT2D eigenvalue weighted by Crippen LogP contribution is 2.25. The van der Waals surface area contributed by atoms with Gasteiger partial charge in [-0.05, 0) is 49.2 Å². The van der Waals surface area contributed by atoms with E-state index in [-0.39, 0.29) is 12.5 Å². The molecule has 132 valence electrons. The third-order valence-electron chi connectivity index (χ3n) is 3.97. The molecular weight excluding hydrogens is 346 g/mol. The number of aryl methyl sites for hydroxylation is 1. The van der Waals surface area contributed by atoms with Crippen LogP contribution in [0.25, 0.3) is 0 Å². The van der Waals surface area contributed by atoms with Gasteiger partial charge in [-0.1, -0.05) is 30.0 Å². The highest BCUT2D eigenvalue weighted by Gasteiger charge is 2.24. The third kappa shape index (κ3) is 4.44. The van der Waals surface area contributed by atoms with Crippen molar-refractivity contribution in [2.75, 3.05) is 18.9 Å². The van der Waals surface area contributed by atoms with E-state index in [0.29, 0.717) is 17.9 Å². The molecule has 1 fully saturated rings. The minimum Gasteiger partial charge on any atom is -0.484 e. The summed E-state index contributed by atoms with van der Waals surface area (Å²) in [6.07, 6.45) is 0.931. The van der Waals surface area contributed by atoms with Gasteiger partial charge in [0, 0.05) is 12.3 Å². The zero-order chi connectivity index (χ0) is 18.4. The molecule has 0 atom stereocenters. The van der Waals surface area contributed by atoms with E-state index in [1.165, 1.54) is 0 Å². The zero-order valence-electron chi connectivity index (χ0n) is 14.5. The minimum atomic E-state index is -0.117. The first-order valence-electron chi connectivity index (χ1n) is 8.38. The van der Waals surface area contributed by atoms with Crippen molar-refractivity contribution in [1.82, 2.24) is 4.90 Å². The van der Waals surface area contributed by atoms with Crippen molar-refractivity contribution in [3.8, 4) is 11.8 Å². The molecule has 6 heteroatoms. The second-order valence-corrected chi connectivity index (χ2v) is 6.92. The zero-order valence-corrected chi connectivity index (χ0v) is 15.3. The first-order valence-corrected chi connectivity index (χ1v) is 9.36. The summed E-state index contributed by atoms with van der Waals surface area (Å²) in [6.45, 7) is 2.60. The molecule has 0 aliphatic carbocycles. The molecular formula is C20H19N3O2S. The van der Waals surface area contributed by atoms with Gasteiger partial charge in [0.1, 0.15) is 5.75 Å². The number of amidine groups is 1. The molecule has 2 aromatic rings. The molecule has 0 aromatic heterocycles. The van der Waals surface area contributed by atoms with Gasteiger partial charge in [-0.25, -0.2) is 4.99 Å². The molecule has 1 amide bonds. The molecule has 26 heavy (non-hydrogen) atoms. The number of carbonyl (C=O) groups excluding carboxylic acids is 1. The number of aliphatic imine (C=N–C) groups is 1. The van der Waals surface area contributed by atoms with E-state index in [0.717, 1.165) is 28.6 Å². The number of nitrogens with zero attached hydrogens (tertiary/aromatic N) is 3. The fraction of sp³-hybridized carbons (Fsp3) is 0.250. The molecule has 0 spiro atoms. The van der Waals surface area contributed by atoms with Crippen molar-refractivity contribution in [1.29, 1.82) is 5.26 Å². The van der Waals surface area contributed by atoms with E-state index < -0.39 is 0 Å². The monoisotopic (exact) mass is 365 g/mol. The Morgan fingerprint density at radius 1 is 1.27 bits per heavy atom. The molecule has 2 aromatic carbocycles. The number of ether oxygens (including phenoxy) is 1. The van der Waals surface area contributed by atoms with Crippen LogP contribution in [-0.2, 0) is 4.79 Å². The van der Waals surface area contributed by atoms with E-state index in [1.54, 1.807) is 40.9 Å². The average molecular weight is 365 g/mol. The largest absolute Gasteiger partial charge is 0.484 e. The number of benzene rings is 2. The van der Waals surface area contributed by atoms with Crippen LogP contribution in [0.4, 0.5) is 5.69 Å². The summed E-state index contributed by atoms with van der Waals surface area (Å²) in [7, 11) is 0. The summed E-state index contributed by atoms with van der Waals surface area (Å²) >= 11 is 1.59. The highest BCUT2D eigenvalue weighted by atomic mass is 32.2. The Balaban J connectivity index is 1.69. The fourth-order valence-electron chi connectivity index (χ4n) is 2.52. The van der Waals surface area contributed by atoms with Gasteiger partial charge in [0.2, 0.25) is 0 Å². The molecule has 1 aliphatic rings. The standard InChI is InChI=1S/C20H19N3O2S/c1-15-5-2-3-6-18(15)22-20-23(11-4-12-26-20)19(24)14-25-17-9-7-16(13-21)8-10-17/h2-3,5-10H,4,11-12,14H2,1H3. The number of para-hydroxylation sites is 1. The lowest BCUT2D eigenvalue weighted by molar-refractivity contribution is -0.129. The van der Waals surface area contributed by atoms with Gasteiger partial charge in [0.05, 0.1) is 17.3 Å². The van der Waals surface area contributed by atoms with Crippen molar-refractivity contribution in [3.63, 3.8) is 0 Å². The van der Waals surface area contributed by atoms with Crippen LogP contribution < -0.4 is 4.74 Å². The van der Waals surface area contributed by atoms with Gasteiger partial charge in [-0.2, -0.15) is 5.26 Å². The molecule has 1 aliphatic heterocycles. The van der Waals surface area contributed by atoms with Crippen molar-refractivity contribution in [3.05, 3.63) is 59.7 Å². The van der Waals surface area contributed by atoms with Crippen LogP contribution in [0.2, 0.25) is 0 Å². The SMILES string of the molecule is Cc1ccccc1N=C1SCCCN1C(=O)COc1ccc(C#N)cc1. The number of amides is 1. The fourth-order valence-corrected chi connectivity index (χ4v) is 3.49. The van der Waals surface area contributed by atoms with Gasteiger partial charge < -0.3 is 4.74 Å². The van der Waals surface area contributed by atoms with E-state index in [4.69, 9.17) is 15.0 Å². The molecule has 0 unspecified atom stereocenters. The number of carbonyl (C=O) groups is 1. The van der Waals surface area contributed by atoms with Crippen LogP contribution in [0.15, 0.2) is 53.5 Å². The molecule has 0 N–H and O–H groups in total. The van der Waals surface area contributed by atoms with Crippen LogP contribution in [0.1, 0.15) is 17.5 Å². The molecule has 3 rings (SSSR count).